The molecule has 9 heteroatoms. The number of aromatic carboxylic acids is 1. The van der Waals surface area contributed by atoms with Crippen molar-refractivity contribution in [2.45, 2.75) is 0 Å². The Morgan fingerprint density at radius 3 is 2.57 bits per heavy atom. The molecule has 3 heterocycles. The van der Waals surface area contributed by atoms with Gasteiger partial charge in [0.15, 0.2) is 0 Å². The van der Waals surface area contributed by atoms with E-state index >= 15 is 0 Å². The minimum absolute atomic E-state index is 0.135. The molecule has 144 valence electrons. The smallest absolute Gasteiger partial charge is 0.341 e. The van der Waals surface area contributed by atoms with E-state index in [1.165, 1.54) is 11.9 Å². The van der Waals surface area contributed by atoms with E-state index in [1.807, 2.05) is 12.1 Å². The maximum Gasteiger partial charge on any atom is 0.341 e. The number of carboxylic acids is 1. The summed E-state index contributed by atoms with van der Waals surface area (Å²) in [4.78, 5) is 39.0. The summed E-state index contributed by atoms with van der Waals surface area (Å²) < 4.78 is 0. The molecule has 0 aliphatic carbocycles. The minimum Gasteiger partial charge on any atom is -0.477 e. The van der Waals surface area contributed by atoms with Crippen LogP contribution in [0.5, 0.6) is 0 Å². The molecule has 1 aromatic carbocycles. The number of hydrogen-bond donors (Lipinski definition) is 3. The molecule has 1 fully saturated rings. The summed E-state index contributed by atoms with van der Waals surface area (Å²) in [7, 11) is 2.13. The number of carboxylic acid groups (broad SMARTS) is 1. The zero-order valence-corrected chi connectivity index (χ0v) is 15.3. The van der Waals surface area contributed by atoms with Gasteiger partial charge in [-0.3, -0.25) is 4.79 Å². The molecule has 0 spiro atoms. The van der Waals surface area contributed by atoms with E-state index in [9.17, 15) is 9.59 Å². The van der Waals surface area contributed by atoms with Gasteiger partial charge in [-0.2, -0.15) is 4.98 Å². The molecule has 1 aliphatic rings. The molecule has 3 N–H and O–H groups in total. The highest BCUT2D eigenvalue weighted by Gasteiger charge is 2.15. The molecular formula is C19H20N6O3. The Morgan fingerprint density at radius 2 is 1.89 bits per heavy atom. The van der Waals surface area contributed by atoms with Crippen LogP contribution in [-0.2, 0) is 0 Å². The molecule has 1 aliphatic heterocycles. The van der Waals surface area contributed by atoms with E-state index in [1.54, 1.807) is 0 Å². The van der Waals surface area contributed by atoms with E-state index in [2.05, 4.69) is 49.2 Å². The minimum atomic E-state index is -1.29. The number of benzene rings is 1. The predicted octanol–water partition coefficient (Wildman–Crippen LogP) is 1.51. The summed E-state index contributed by atoms with van der Waals surface area (Å²) in [5, 5.41) is 12.3. The molecule has 0 atom stereocenters. The van der Waals surface area contributed by atoms with Crippen LogP contribution in [0.4, 0.5) is 17.3 Å². The average molecular weight is 380 g/mol. The number of hydrogen-bond acceptors (Lipinski definition) is 7. The van der Waals surface area contributed by atoms with Crippen LogP contribution in [0.2, 0.25) is 0 Å². The Balaban J connectivity index is 1.52. The number of aromatic nitrogens is 3. The number of rotatable bonds is 4. The molecule has 0 unspecified atom stereocenters. The first-order valence-corrected chi connectivity index (χ1v) is 8.93. The third-order valence-electron chi connectivity index (χ3n) is 4.85. The Hall–Kier alpha value is -3.46. The summed E-state index contributed by atoms with van der Waals surface area (Å²) >= 11 is 0. The maximum atomic E-state index is 12.1. The molecule has 0 bridgehead atoms. The van der Waals surface area contributed by atoms with Crippen LogP contribution in [0.25, 0.3) is 11.0 Å². The van der Waals surface area contributed by atoms with Gasteiger partial charge in [-0.05, 0) is 31.3 Å². The first-order chi connectivity index (χ1) is 13.5. The molecule has 4 rings (SSSR count). The molecule has 3 aromatic rings. The van der Waals surface area contributed by atoms with Gasteiger partial charge in [0.05, 0.1) is 5.39 Å². The van der Waals surface area contributed by atoms with Gasteiger partial charge in [-0.25, -0.2) is 9.78 Å². The van der Waals surface area contributed by atoms with Gasteiger partial charge in [0.2, 0.25) is 11.4 Å². The maximum absolute atomic E-state index is 12.1. The van der Waals surface area contributed by atoms with Crippen molar-refractivity contribution < 1.29 is 9.90 Å². The summed E-state index contributed by atoms with van der Waals surface area (Å²) in [5.74, 6) is -0.968. The van der Waals surface area contributed by atoms with Gasteiger partial charge in [-0.1, -0.05) is 0 Å². The molecule has 0 saturated carbocycles. The number of aromatic amines is 1. The number of nitrogens with zero attached hydrogens (tertiary/aromatic N) is 4. The van der Waals surface area contributed by atoms with Crippen molar-refractivity contribution in [2.75, 3.05) is 43.4 Å². The molecule has 1 saturated heterocycles. The van der Waals surface area contributed by atoms with Crippen molar-refractivity contribution in [2.24, 2.45) is 0 Å². The van der Waals surface area contributed by atoms with E-state index in [0.29, 0.717) is 5.95 Å². The largest absolute Gasteiger partial charge is 0.477 e. The van der Waals surface area contributed by atoms with Gasteiger partial charge in [0.1, 0.15) is 11.2 Å². The lowest BCUT2D eigenvalue weighted by atomic mass is 10.2. The number of piperazine rings is 1. The first-order valence-electron chi connectivity index (χ1n) is 8.93. The molecule has 0 radical (unpaired) electrons. The van der Waals surface area contributed by atoms with Gasteiger partial charge >= 0.3 is 5.97 Å². The van der Waals surface area contributed by atoms with Crippen molar-refractivity contribution in [1.29, 1.82) is 0 Å². The Kier molecular flexibility index (Phi) is 4.66. The topological polar surface area (TPSA) is 114 Å². The Labute approximate surface area is 160 Å². The average Bonchev–Trinajstić information content (AvgIpc) is 2.69. The normalized spacial score (nSPS) is 15.0. The fourth-order valence-electron chi connectivity index (χ4n) is 3.18. The van der Waals surface area contributed by atoms with Gasteiger partial charge in [-0.15, -0.1) is 0 Å². The van der Waals surface area contributed by atoms with Crippen molar-refractivity contribution >= 4 is 34.3 Å². The van der Waals surface area contributed by atoms with Crippen molar-refractivity contribution in [3.63, 3.8) is 0 Å². The van der Waals surface area contributed by atoms with E-state index in [-0.39, 0.29) is 16.6 Å². The first kappa shape index (κ1) is 17.9. The second kappa shape index (κ2) is 7.28. The fourth-order valence-corrected chi connectivity index (χ4v) is 3.18. The lowest BCUT2D eigenvalue weighted by Gasteiger charge is -2.34. The summed E-state index contributed by atoms with van der Waals surface area (Å²) in [6.45, 7) is 4.10. The second-order valence-electron chi connectivity index (χ2n) is 6.75. The number of nitrogens with one attached hydrogen (secondary N) is 2. The van der Waals surface area contributed by atoms with Gasteiger partial charge in [0, 0.05) is 49.9 Å². The summed E-state index contributed by atoms with van der Waals surface area (Å²) in [6.07, 6.45) is 2.48. The van der Waals surface area contributed by atoms with E-state index < -0.39 is 11.4 Å². The highest BCUT2D eigenvalue weighted by atomic mass is 16.4. The number of likely N-dealkylation sites (N-methyl/N-ethyl adjacent to an activating group) is 1. The Morgan fingerprint density at radius 1 is 1.18 bits per heavy atom. The number of anilines is 3. The Bertz CT molecular complexity index is 1070. The van der Waals surface area contributed by atoms with Crippen LogP contribution in [0.3, 0.4) is 0 Å². The van der Waals surface area contributed by atoms with Crippen LogP contribution < -0.4 is 15.6 Å². The standard InChI is InChI=1S/C19H20N6O3/c1-24-6-8-25(9-7-24)13-4-2-12(3-5-13)22-19-21-10-14-16(26)15(18(27)28)11-20-17(14)23-19/h2-5,10-11H,6-9H2,1H3,(H,27,28)(H2,20,21,22,23,26). The zero-order chi connectivity index (χ0) is 19.7. The highest BCUT2D eigenvalue weighted by Crippen LogP contribution is 2.21. The lowest BCUT2D eigenvalue weighted by Crippen LogP contribution is -2.44. The second-order valence-corrected chi connectivity index (χ2v) is 6.75. The van der Waals surface area contributed by atoms with Crippen LogP contribution in [0, 0.1) is 0 Å². The van der Waals surface area contributed by atoms with Gasteiger partial charge in [0.25, 0.3) is 0 Å². The monoisotopic (exact) mass is 380 g/mol. The predicted molar refractivity (Wildman–Crippen MR) is 107 cm³/mol. The van der Waals surface area contributed by atoms with Gasteiger partial charge < -0.3 is 25.2 Å². The lowest BCUT2D eigenvalue weighted by molar-refractivity contribution is 0.0695. The van der Waals surface area contributed by atoms with Crippen LogP contribution in [0.1, 0.15) is 10.4 Å². The molecule has 28 heavy (non-hydrogen) atoms. The summed E-state index contributed by atoms with van der Waals surface area (Å²) in [6, 6.07) is 8.01. The van der Waals surface area contributed by atoms with E-state index in [0.717, 1.165) is 38.1 Å². The fraction of sp³-hybridized carbons (Fsp3) is 0.263. The van der Waals surface area contributed by atoms with Crippen molar-refractivity contribution in [3.05, 3.63) is 52.4 Å². The van der Waals surface area contributed by atoms with Crippen LogP contribution in [-0.4, -0.2) is 64.2 Å². The number of pyridine rings is 1. The number of fused-ring (bicyclic) bond motifs is 1. The quantitative estimate of drug-likeness (QED) is 0.624. The van der Waals surface area contributed by atoms with Crippen molar-refractivity contribution in [1.82, 2.24) is 19.9 Å². The highest BCUT2D eigenvalue weighted by molar-refractivity contribution is 5.91. The van der Waals surface area contributed by atoms with Crippen LogP contribution in [0.15, 0.2) is 41.5 Å². The van der Waals surface area contributed by atoms with Crippen LogP contribution >= 0.6 is 0 Å². The summed E-state index contributed by atoms with van der Waals surface area (Å²) in [5.41, 5.74) is 1.33. The van der Waals surface area contributed by atoms with E-state index in [4.69, 9.17) is 5.11 Å². The molecule has 9 nitrogen and oxygen atoms in total. The molecule has 2 aromatic heterocycles. The SMILES string of the molecule is CN1CCN(c2ccc(Nc3ncc4c(=O)c(C(=O)O)c[nH]c4n3)cc2)CC1. The van der Waals surface area contributed by atoms with Crippen molar-refractivity contribution in [3.8, 4) is 0 Å². The number of carbonyl (C=O) groups is 1. The molecule has 0 amide bonds. The number of H-pyrrole nitrogens is 1. The third-order valence-corrected chi connectivity index (χ3v) is 4.85. The molecular weight excluding hydrogens is 360 g/mol. The third kappa shape index (κ3) is 3.52. The zero-order valence-electron chi connectivity index (χ0n) is 15.3.